The molecule has 1 amide bonds. The molecule has 3 heterocycles. The van der Waals surface area contributed by atoms with E-state index in [9.17, 15) is 26.4 Å². The van der Waals surface area contributed by atoms with Gasteiger partial charge in [-0.25, -0.2) is 23.4 Å². The van der Waals surface area contributed by atoms with Crippen molar-refractivity contribution in [3.63, 3.8) is 0 Å². The second kappa shape index (κ2) is 9.32. The molecule has 0 atom stereocenters. The number of hydrogen-bond acceptors (Lipinski definition) is 9. The fourth-order valence-electron chi connectivity index (χ4n) is 3.21. The van der Waals surface area contributed by atoms with Crippen LogP contribution in [0.3, 0.4) is 0 Å². The number of carbonyl (C=O) groups is 1. The highest BCUT2D eigenvalue weighted by atomic mass is 32.2. The zero-order valence-electron chi connectivity index (χ0n) is 18.1. The monoisotopic (exact) mass is 508 g/mol. The molecule has 35 heavy (non-hydrogen) atoms. The number of aromatic nitrogens is 4. The second-order valence-corrected chi connectivity index (χ2v) is 9.43. The molecular weight excluding hydrogens is 489 g/mol. The Hall–Kier alpha value is -4.01. The summed E-state index contributed by atoms with van der Waals surface area (Å²) in [6, 6.07) is 4.97. The SMILES string of the molecule is CCS(=O)(=O)Nc1cncnc1CNc1nc(Nc2ccc3c(c2)CC(=O)N3)ncc1C(F)(F)F. The number of alkyl halides is 3. The fourth-order valence-corrected chi connectivity index (χ4v) is 3.86. The Morgan fingerprint density at radius 2 is 1.97 bits per heavy atom. The maximum atomic E-state index is 13.6. The van der Waals surface area contributed by atoms with Crippen molar-refractivity contribution < 1.29 is 26.4 Å². The van der Waals surface area contributed by atoms with Crippen LogP contribution in [0.5, 0.6) is 0 Å². The van der Waals surface area contributed by atoms with Gasteiger partial charge in [0.2, 0.25) is 21.9 Å². The van der Waals surface area contributed by atoms with Crippen LogP contribution in [0.2, 0.25) is 0 Å². The largest absolute Gasteiger partial charge is 0.421 e. The first-order valence-corrected chi connectivity index (χ1v) is 11.9. The molecule has 4 rings (SSSR count). The van der Waals surface area contributed by atoms with Crippen LogP contribution in [0.15, 0.2) is 36.9 Å². The summed E-state index contributed by atoms with van der Waals surface area (Å²) in [6.07, 6.45) is -1.57. The molecule has 1 aliphatic heterocycles. The second-order valence-electron chi connectivity index (χ2n) is 7.42. The molecule has 0 bridgehead atoms. The van der Waals surface area contributed by atoms with Crippen molar-refractivity contribution in [2.45, 2.75) is 26.1 Å². The van der Waals surface area contributed by atoms with Gasteiger partial charge in [0.15, 0.2) is 0 Å². The summed E-state index contributed by atoms with van der Waals surface area (Å²) in [5.74, 6) is -1.01. The molecule has 0 unspecified atom stereocenters. The summed E-state index contributed by atoms with van der Waals surface area (Å²) >= 11 is 0. The van der Waals surface area contributed by atoms with Gasteiger partial charge in [-0.15, -0.1) is 0 Å². The third-order valence-corrected chi connectivity index (χ3v) is 6.24. The molecule has 2 aromatic heterocycles. The zero-order valence-corrected chi connectivity index (χ0v) is 19.0. The number of fused-ring (bicyclic) bond motifs is 1. The number of hydrogen-bond donors (Lipinski definition) is 4. The molecule has 0 aliphatic carbocycles. The third-order valence-electron chi connectivity index (χ3n) is 4.94. The van der Waals surface area contributed by atoms with Gasteiger partial charge in [-0.05, 0) is 30.7 Å². The van der Waals surface area contributed by atoms with Crippen molar-refractivity contribution in [3.8, 4) is 0 Å². The Balaban J connectivity index is 1.58. The summed E-state index contributed by atoms with van der Waals surface area (Å²) < 4.78 is 66.8. The normalized spacial score (nSPS) is 13.2. The number of amides is 1. The van der Waals surface area contributed by atoms with Crippen molar-refractivity contribution in [3.05, 3.63) is 53.7 Å². The summed E-state index contributed by atoms with van der Waals surface area (Å²) in [4.78, 5) is 27.0. The van der Waals surface area contributed by atoms with Crippen LogP contribution in [-0.4, -0.2) is 40.0 Å². The first kappa shape index (κ1) is 24.1. The minimum atomic E-state index is -4.75. The molecule has 0 radical (unpaired) electrons. The van der Waals surface area contributed by atoms with Crippen LogP contribution >= 0.6 is 0 Å². The fraction of sp³-hybridized carbons (Fsp3) is 0.250. The summed E-state index contributed by atoms with van der Waals surface area (Å²) in [5, 5.41) is 8.08. The van der Waals surface area contributed by atoms with Crippen LogP contribution in [0, 0.1) is 0 Å². The highest BCUT2D eigenvalue weighted by Crippen LogP contribution is 2.35. The van der Waals surface area contributed by atoms with E-state index in [4.69, 9.17) is 0 Å². The van der Waals surface area contributed by atoms with Crippen LogP contribution < -0.4 is 20.7 Å². The number of halogens is 3. The topological polar surface area (TPSA) is 151 Å². The van der Waals surface area contributed by atoms with Gasteiger partial charge in [-0.2, -0.15) is 18.2 Å². The number of sulfonamides is 1. The Kier molecular flexibility index (Phi) is 6.43. The summed E-state index contributed by atoms with van der Waals surface area (Å²) in [7, 11) is -3.66. The van der Waals surface area contributed by atoms with Gasteiger partial charge in [0.1, 0.15) is 17.7 Å². The molecule has 184 valence electrons. The van der Waals surface area contributed by atoms with Gasteiger partial charge in [-0.1, -0.05) is 0 Å². The molecule has 4 N–H and O–H groups in total. The molecule has 15 heteroatoms. The number of carbonyl (C=O) groups excluding carboxylic acids is 1. The van der Waals surface area contributed by atoms with Gasteiger partial charge < -0.3 is 16.0 Å². The molecule has 0 saturated carbocycles. The predicted molar refractivity (Wildman–Crippen MR) is 122 cm³/mol. The molecular formula is C20H19F3N8O3S. The summed E-state index contributed by atoms with van der Waals surface area (Å²) in [6.45, 7) is 1.15. The first-order chi connectivity index (χ1) is 16.5. The maximum Gasteiger partial charge on any atom is 0.421 e. The van der Waals surface area contributed by atoms with Crippen molar-refractivity contribution in [1.29, 1.82) is 0 Å². The van der Waals surface area contributed by atoms with Gasteiger partial charge in [-0.3, -0.25) is 9.52 Å². The lowest BCUT2D eigenvalue weighted by Crippen LogP contribution is -2.18. The van der Waals surface area contributed by atoms with E-state index >= 15 is 0 Å². The molecule has 11 nitrogen and oxygen atoms in total. The number of nitrogens with zero attached hydrogens (tertiary/aromatic N) is 4. The highest BCUT2D eigenvalue weighted by molar-refractivity contribution is 7.92. The lowest BCUT2D eigenvalue weighted by molar-refractivity contribution is -0.137. The van der Waals surface area contributed by atoms with Gasteiger partial charge in [0, 0.05) is 17.6 Å². The average Bonchev–Trinajstić information content (AvgIpc) is 3.17. The van der Waals surface area contributed by atoms with Crippen LogP contribution in [-0.2, 0) is 34.0 Å². The zero-order chi connectivity index (χ0) is 25.2. The minimum Gasteiger partial charge on any atom is -0.364 e. The number of benzene rings is 1. The van der Waals surface area contributed by atoms with E-state index in [1.165, 1.54) is 13.1 Å². The Labute approximate surface area is 197 Å². The summed E-state index contributed by atoms with van der Waals surface area (Å²) in [5.41, 5.74) is 0.916. The Morgan fingerprint density at radius 1 is 1.17 bits per heavy atom. The molecule has 3 aromatic rings. The standard InChI is InChI=1S/C20H19F3N8O3S/c1-2-35(33,34)31-16-8-24-10-27-15(16)9-25-18-13(20(21,22)23)7-26-19(30-18)28-12-3-4-14-11(5-12)6-17(32)29-14/h3-5,7-8,10,31H,2,6,9H2,1H3,(H,29,32)(H2,25,26,28,30). The third kappa shape index (κ3) is 5.74. The van der Waals surface area contributed by atoms with Crippen LogP contribution in [0.25, 0.3) is 0 Å². The molecule has 0 fully saturated rings. The van der Waals surface area contributed by atoms with E-state index in [0.29, 0.717) is 17.6 Å². The Morgan fingerprint density at radius 3 is 2.71 bits per heavy atom. The van der Waals surface area contributed by atoms with E-state index in [0.717, 1.165) is 11.9 Å². The van der Waals surface area contributed by atoms with Crippen LogP contribution in [0.4, 0.5) is 42.0 Å². The smallest absolute Gasteiger partial charge is 0.364 e. The van der Waals surface area contributed by atoms with Crippen molar-refractivity contribution in [2.75, 3.05) is 26.4 Å². The van der Waals surface area contributed by atoms with Gasteiger partial charge in [0.25, 0.3) is 0 Å². The minimum absolute atomic E-state index is 0.0316. The average molecular weight is 508 g/mol. The highest BCUT2D eigenvalue weighted by Gasteiger charge is 2.35. The van der Waals surface area contributed by atoms with E-state index in [1.807, 2.05) is 0 Å². The van der Waals surface area contributed by atoms with E-state index in [2.05, 4.69) is 40.6 Å². The molecule has 1 aliphatic rings. The van der Waals surface area contributed by atoms with Crippen molar-refractivity contribution in [2.24, 2.45) is 0 Å². The van der Waals surface area contributed by atoms with Crippen LogP contribution in [0.1, 0.15) is 23.7 Å². The van der Waals surface area contributed by atoms with E-state index < -0.39 is 27.6 Å². The van der Waals surface area contributed by atoms with Crippen molar-refractivity contribution >= 4 is 44.8 Å². The molecule has 0 saturated heterocycles. The predicted octanol–water partition coefficient (Wildman–Crippen LogP) is 2.90. The number of anilines is 5. The first-order valence-electron chi connectivity index (χ1n) is 10.2. The van der Waals surface area contributed by atoms with E-state index in [-0.39, 0.29) is 42.0 Å². The quantitative estimate of drug-likeness (QED) is 0.360. The van der Waals surface area contributed by atoms with Gasteiger partial charge in [0.05, 0.1) is 36.3 Å². The lowest BCUT2D eigenvalue weighted by Gasteiger charge is -2.16. The number of rotatable bonds is 8. The number of nitrogens with one attached hydrogen (secondary N) is 4. The molecule has 1 aromatic carbocycles. The van der Waals surface area contributed by atoms with Crippen molar-refractivity contribution in [1.82, 2.24) is 19.9 Å². The van der Waals surface area contributed by atoms with E-state index in [1.54, 1.807) is 18.2 Å². The maximum absolute atomic E-state index is 13.6. The molecule has 0 spiro atoms. The lowest BCUT2D eigenvalue weighted by atomic mass is 10.1. The Bertz CT molecular complexity index is 1380. The van der Waals surface area contributed by atoms with Gasteiger partial charge >= 0.3 is 6.18 Å².